The fraction of sp³-hybridized carbons (Fsp3) is 0.200. The summed E-state index contributed by atoms with van der Waals surface area (Å²) in [6, 6.07) is 14.4. The van der Waals surface area contributed by atoms with Crippen LogP contribution in [0.15, 0.2) is 48.0 Å². The number of nitrogens with zero attached hydrogens (tertiary/aromatic N) is 1. The summed E-state index contributed by atoms with van der Waals surface area (Å²) in [4.78, 5) is 12.7. The summed E-state index contributed by atoms with van der Waals surface area (Å²) in [7, 11) is 1.56. The molecule has 0 saturated heterocycles. The molecule has 5 nitrogen and oxygen atoms in total. The Morgan fingerprint density at radius 3 is 2.60 bits per heavy atom. The number of carbonyl (C=O) groups is 1. The summed E-state index contributed by atoms with van der Waals surface area (Å²) < 4.78 is 16.3. The SMILES string of the molecule is COc1ccc2c(c1)C(=O)C(=Cc1ccc(OC(C)C#N)cc1)CO2. The van der Waals surface area contributed by atoms with Crippen LogP contribution in [-0.2, 0) is 0 Å². The van der Waals surface area contributed by atoms with E-state index in [1.54, 1.807) is 50.4 Å². The first-order valence-electron chi connectivity index (χ1n) is 7.83. The van der Waals surface area contributed by atoms with Crippen molar-refractivity contribution in [3.05, 3.63) is 59.2 Å². The number of benzene rings is 2. The van der Waals surface area contributed by atoms with Crippen molar-refractivity contribution in [2.24, 2.45) is 0 Å². The van der Waals surface area contributed by atoms with Crippen LogP contribution in [0.1, 0.15) is 22.8 Å². The fourth-order valence-corrected chi connectivity index (χ4v) is 2.51. The number of hydrogen-bond acceptors (Lipinski definition) is 5. The number of ketones is 1. The highest BCUT2D eigenvalue weighted by atomic mass is 16.5. The lowest BCUT2D eigenvalue weighted by molar-refractivity contribution is 0.100. The molecule has 0 bridgehead atoms. The minimum atomic E-state index is -0.510. The minimum Gasteiger partial charge on any atom is -0.497 e. The molecule has 0 aromatic heterocycles. The van der Waals surface area contributed by atoms with Gasteiger partial charge in [-0.3, -0.25) is 4.79 Å². The molecule has 126 valence electrons. The smallest absolute Gasteiger partial charge is 0.196 e. The zero-order chi connectivity index (χ0) is 17.8. The second kappa shape index (κ2) is 7.10. The van der Waals surface area contributed by atoms with Crippen LogP contribution in [0.5, 0.6) is 17.2 Å². The maximum Gasteiger partial charge on any atom is 0.196 e. The zero-order valence-corrected chi connectivity index (χ0v) is 14.0. The molecule has 1 unspecified atom stereocenters. The largest absolute Gasteiger partial charge is 0.497 e. The summed E-state index contributed by atoms with van der Waals surface area (Å²) in [6.45, 7) is 1.90. The highest BCUT2D eigenvalue weighted by molar-refractivity contribution is 6.14. The Labute approximate surface area is 146 Å². The molecule has 0 aliphatic carbocycles. The highest BCUT2D eigenvalue weighted by Crippen LogP contribution is 2.31. The average Bonchev–Trinajstić information content (AvgIpc) is 2.65. The van der Waals surface area contributed by atoms with Crippen molar-refractivity contribution >= 4 is 11.9 Å². The van der Waals surface area contributed by atoms with Gasteiger partial charge in [0.15, 0.2) is 11.9 Å². The zero-order valence-electron chi connectivity index (χ0n) is 14.0. The Kier molecular flexibility index (Phi) is 4.71. The average molecular weight is 335 g/mol. The van der Waals surface area contributed by atoms with Crippen molar-refractivity contribution in [2.45, 2.75) is 13.0 Å². The summed E-state index contributed by atoms with van der Waals surface area (Å²) in [5, 5.41) is 8.77. The molecular weight excluding hydrogens is 318 g/mol. The Morgan fingerprint density at radius 2 is 1.92 bits per heavy atom. The molecular formula is C20H17NO4. The summed E-state index contributed by atoms with van der Waals surface area (Å²) in [5.74, 6) is 1.72. The molecule has 0 fully saturated rings. The summed E-state index contributed by atoms with van der Waals surface area (Å²) in [5.41, 5.74) is 1.93. The van der Waals surface area contributed by atoms with Gasteiger partial charge in [0.2, 0.25) is 0 Å². The Hall–Kier alpha value is -3.26. The van der Waals surface area contributed by atoms with Crippen molar-refractivity contribution in [3.63, 3.8) is 0 Å². The predicted octanol–water partition coefficient (Wildman–Crippen LogP) is 3.64. The van der Waals surface area contributed by atoms with Crippen molar-refractivity contribution in [3.8, 4) is 23.3 Å². The van der Waals surface area contributed by atoms with Crippen LogP contribution in [0.4, 0.5) is 0 Å². The van der Waals surface area contributed by atoms with E-state index in [4.69, 9.17) is 19.5 Å². The Bertz CT molecular complexity index is 862. The van der Waals surface area contributed by atoms with E-state index in [-0.39, 0.29) is 12.4 Å². The number of fused-ring (bicyclic) bond motifs is 1. The number of nitriles is 1. The molecule has 2 aromatic carbocycles. The Balaban J connectivity index is 1.82. The van der Waals surface area contributed by atoms with Crippen LogP contribution in [0, 0.1) is 11.3 Å². The van der Waals surface area contributed by atoms with Crippen LogP contribution in [0.2, 0.25) is 0 Å². The van der Waals surface area contributed by atoms with E-state index >= 15 is 0 Å². The van der Waals surface area contributed by atoms with Crippen molar-refractivity contribution in [1.82, 2.24) is 0 Å². The molecule has 2 aromatic rings. The van der Waals surface area contributed by atoms with Gasteiger partial charge in [-0.15, -0.1) is 0 Å². The van der Waals surface area contributed by atoms with Gasteiger partial charge < -0.3 is 14.2 Å². The van der Waals surface area contributed by atoms with E-state index in [0.29, 0.717) is 28.4 Å². The second-order valence-electron chi connectivity index (χ2n) is 5.61. The van der Waals surface area contributed by atoms with Gasteiger partial charge in [0.05, 0.1) is 12.7 Å². The third-order valence-corrected chi connectivity index (χ3v) is 3.82. The normalized spacial score (nSPS) is 15.7. The van der Waals surface area contributed by atoms with E-state index in [0.717, 1.165) is 5.56 Å². The lowest BCUT2D eigenvalue weighted by Crippen LogP contribution is -2.19. The number of carbonyl (C=O) groups excluding carboxylic acids is 1. The van der Waals surface area contributed by atoms with Crippen LogP contribution in [0.3, 0.4) is 0 Å². The van der Waals surface area contributed by atoms with Gasteiger partial charge in [0.25, 0.3) is 0 Å². The molecule has 0 radical (unpaired) electrons. The van der Waals surface area contributed by atoms with E-state index in [1.165, 1.54) is 0 Å². The first-order valence-corrected chi connectivity index (χ1v) is 7.83. The van der Waals surface area contributed by atoms with Gasteiger partial charge in [-0.1, -0.05) is 12.1 Å². The number of hydrogen-bond donors (Lipinski definition) is 0. The first-order chi connectivity index (χ1) is 12.1. The van der Waals surface area contributed by atoms with Crippen LogP contribution >= 0.6 is 0 Å². The molecule has 0 amide bonds. The molecule has 25 heavy (non-hydrogen) atoms. The molecule has 0 saturated carbocycles. The molecule has 3 rings (SSSR count). The van der Waals surface area contributed by atoms with Gasteiger partial charge in [-0.2, -0.15) is 5.26 Å². The van der Waals surface area contributed by atoms with Crippen LogP contribution in [0.25, 0.3) is 6.08 Å². The molecule has 1 aliphatic heterocycles. The van der Waals surface area contributed by atoms with Gasteiger partial charge in [-0.05, 0) is 48.9 Å². The van der Waals surface area contributed by atoms with Crippen LogP contribution < -0.4 is 14.2 Å². The number of ether oxygens (including phenoxy) is 3. The van der Waals surface area contributed by atoms with Crippen LogP contribution in [-0.4, -0.2) is 25.6 Å². The third-order valence-electron chi connectivity index (χ3n) is 3.82. The van der Waals surface area contributed by atoms with E-state index < -0.39 is 6.10 Å². The molecule has 0 spiro atoms. The van der Waals surface area contributed by atoms with E-state index in [9.17, 15) is 4.79 Å². The van der Waals surface area contributed by atoms with Gasteiger partial charge in [0.1, 0.15) is 29.9 Å². The molecule has 1 aliphatic rings. The van der Waals surface area contributed by atoms with Gasteiger partial charge in [-0.25, -0.2) is 0 Å². The minimum absolute atomic E-state index is 0.0708. The maximum absolute atomic E-state index is 12.7. The summed E-state index contributed by atoms with van der Waals surface area (Å²) >= 11 is 0. The van der Waals surface area contributed by atoms with Crippen molar-refractivity contribution in [1.29, 1.82) is 5.26 Å². The standard InChI is InChI=1S/C20H17NO4/c1-13(11-21)25-16-5-3-14(4-6-16)9-15-12-24-19-8-7-17(23-2)10-18(19)20(15)22/h3-10,13H,12H2,1-2H3. The lowest BCUT2D eigenvalue weighted by Gasteiger charge is -2.19. The molecule has 1 heterocycles. The monoisotopic (exact) mass is 335 g/mol. The third kappa shape index (κ3) is 3.64. The van der Waals surface area contributed by atoms with Crippen molar-refractivity contribution < 1.29 is 19.0 Å². The molecule has 1 atom stereocenters. The lowest BCUT2D eigenvalue weighted by atomic mass is 9.98. The molecule has 0 N–H and O–H groups in total. The highest BCUT2D eigenvalue weighted by Gasteiger charge is 2.23. The summed E-state index contributed by atoms with van der Waals surface area (Å²) in [6.07, 6.45) is 1.28. The fourth-order valence-electron chi connectivity index (χ4n) is 2.51. The topological polar surface area (TPSA) is 68.5 Å². The number of methoxy groups -OCH3 is 1. The Morgan fingerprint density at radius 1 is 1.20 bits per heavy atom. The number of Topliss-reactive ketones (excluding diaryl/α,β-unsaturated/α-hetero) is 1. The predicted molar refractivity (Wildman–Crippen MR) is 92.9 cm³/mol. The van der Waals surface area contributed by atoms with Crippen molar-refractivity contribution in [2.75, 3.05) is 13.7 Å². The number of rotatable bonds is 4. The van der Waals surface area contributed by atoms with E-state index in [2.05, 4.69) is 0 Å². The van der Waals surface area contributed by atoms with Gasteiger partial charge >= 0.3 is 0 Å². The first kappa shape index (κ1) is 16.6. The maximum atomic E-state index is 12.7. The van der Waals surface area contributed by atoms with Gasteiger partial charge in [0, 0.05) is 5.57 Å². The quantitative estimate of drug-likeness (QED) is 0.798. The van der Waals surface area contributed by atoms with E-state index in [1.807, 2.05) is 18.2 Å². The second-order valence-corrected chi connectivity index (χ2v) is 5.61. The molecule has 5 heteroatoms.